The second kappa shape index (κ2) is 3.39. The molecule has 1 aromatic carbocycles. The molecule has 3 rings (SSSR count). The predicted octanol–water partition coefficient (Wildman–Crippen LogP) is 4.18. The topological polar surface area (TPSA) is 13.1 Å². The Morgan fingerprint density at radius 1 is 1.18 bits per heavy atom. The monoisotopic (exact) mass is 238 g/mol. The van der Waals surface area contributed by atoms with Crippen molar-refractivity contribution >= 4 is 17.0 Å². The lowest BCUT2D eigenvalue weighted by Gasteiger charge is -2.19. The fourth-order valence-corrected chi connectivity index (χ4v) is 2.18. The van der Waals surface area contributed by atoms with E-state index in [9.17, 15) is 13.2 Å². The molecule has 0 bridgehead atoms. The van der Waals surface area contributed by atoms with Gasteiger partial charge in [-0.1, -0.05) is 24.3 Å². The third kappa shape index (κ3) is 1.64. The van der Waals surface area contributed by atoms with Crippen LogP contribution in [0.5, 0.6) is 0 Å². The van der Waals surface area contributed by atoms with Crippen molar-refractivity contribution in [2.24, 2.45) is 5.92 Å². The maximum Gasteiger partial charge on any atom is 0.395 e. The van der Waals surface area contributed by atoms with Gasteiger partial charge in [-0.25, -0.2) is 0 Å². The van der Waals surface area contributed by atoms with Crippen LogP contribution in [0.4, 0.5) is 13.2 Å². The van der Waals surface area contributed by atoms with Crippen LogP contribution in [-0.4, -0.2) is 6.18 Å². The summed E-state index contributed by atoms with van der Waals surface area (Å²) in [5.41, 5.74) is 1.30. The van der Waals surface area contributed by atoms with E-state index in [1.165, 1.54) is 12.2 Å². The Hall–Kier alpha value is -1.71. The van der Waals surface area contributed by atoms with Crippen molar-refractivity contribution in [1.82, 2.24) is 0 Å². The first kappa shape index (κ1) is 10.4. The number of halogens is 3. The van der Waals surface area contributed by atoms with Gasteiger partial charge < -0.3 is 4.42 Å². The van der Waals surface area contributed by atoms with E-state index in [-0.39, 0.29) is 6.42 Å². The molecule has 0 saturated heterocycles. The fourth-order valence-electron chi connectivity index (χ4n) is 2.18. The zero-order valence-corrected chi connectivity index (χ0v) is 8.79. The Balaban J connectivity index is 2.11. The molecule has 2 aromatic rings. The Kier molecular flexibility index (Phi) is 2.08. The maximum atomic E-state index is 12.7. The Morgan fingerprint density at radius 3 is 2.71 bits per heavy atom. The summed E-state index contributed by atoms with van der Waals surface area (Å²) >= 11 is 0. The van der Waals surface area contributed by atoms with Gasteiger partial charge in [-0.05, 0) is 18.6 Å². The minimum atomic E-state index is -4.19. The van der Waals surface area contributed by atoms with E-state index in [1.54, 1.807) is 18.2 Å². The molecule has 1 aliphatic rings. The number of hydrogen-bond donors (Lipinski definition) is 0. The molecule has 1 nitrogen and oxygen atoms in total. The van der Waals surface area contributed by atoms with E-state index in [2.05, 4.69) is 0 Å². The molecule has 0 N–H and O–H groups in total. The number of alkyl halides is 3. The molecule has 0 radical (unpaired) electrons. The first-order valence-corrected chi connectivity index (χ1v) is 5.31. The fraction of sp³-hybridized carbons (Fsp3) is 0.231. The quantitative estimate of drug-likeness (QED) is 0.671. The smallest absolute Gasteiger partial charge is 0.395 e. The second-order valence-corrected chi connectivity index (χ2v) is 4.15. The van der Waals surface area contributed by atoms with Crippen molar-refractivity contribution in [3.05, 3.63) is 41.7 Å². The number of benzene rings is 1. The minimum absolute atomic E-state index is 0.0354. The van der Waals surface area contributed by atoms with Crippen molar-refractivity contribution in [2.75, 3.05) is 0 Å². The van der Waals surface area contributed by atoms with Gasteiger partial charge in [0, 0.05) is 10.9 Å². The summed E-state index contributed by atoms with van der Waals surface area (Å²) in [7, 11) is 0. The van der Waals surface area contributed by atoms with Gasteiger partial charge in [-0.3, -0.25) is 0 Å². The van der Waals surface area contributed by atoms with E-state index < -0.39 is 12.1 Å². The first-order chi connectivity index (χ1) is 8.05. The van der Waals surface area contributed by atoms with Crippen LogP contribution in [0.25, 0.3) is 17.0 Å². The highest BCUT2D eigenvalue weighted by atomic mass is 19.4. The summed E-state index contributed by atoms with van der Waals surface area (Å²) < 4.78 is 43.5. The lowest BCUT2D eigenvalue weighted by molar-refractivity contribution is -0.160. The van der Waals surface area contributed by atoms with Gasteiger partial charge in [0.15, 0.2) is 0 Å². The molecular weight excluding hydrogens is 229 g/mol. The number of allylic oxidation sites excluding steroid dienone is 1. The zero-order valence-electron chi connectivity index (χ0n) is 8.79. The number of para-hydroxylation sites is 1. The molecule has 17 heavy (non-hydrogen) atoms. The number of furan rings is 1. The Labute approximate surface area is 95.5 Å². The van der Waals surface area contributed by atoms with Gasteiger partial charge in [-0.2, -0.15) is 13.2 Å². The predicted molar refractivity (Wildman–Crippen MR) is 58.5 cm³/mol. The lowest BCUT2D eigenvalue weighted by Crippen LogP contribution is -2.24. The lowest BCUT2D eigenvalue weighted by atomic mass is 9.91. The summed E-state index contributed by atoms with van der Waals surface area (Å²) in [6.07, 6.45) is -1.62. The summed E-state index contributed by atoms with van der Waals surface area (Å²) in [4.78, 5) is 0. The Morgan fingerprint density at radius 2 is 1.94 bits per heavy atom. The maximum absolute atomic E-state index is 12.7. The van der Waals surface area contributed by atoms with Crippen LogP contribution in [0.3, 0.4) is 0 Å². The number of fused-ring (bicyclic) bond motifs is 3. The second-order valence-electron chi connectivity index (χ2n) is 4.15. The van der Waals surface area contributed by atoms with Crippen molar-refractivity contribution in [3.63, 3.8) is 0 Å². The van der Waals surface area contributed by atoms with E-state index in [4.69, 9.17) is 4.42 Å². The third-order valence-corrected chi connectivity index (χ3v) is 3.05. The van der Waals surface area contributed by atoms with E-state index in [1.807, 2.05) is 6.07 Å². The van der Waals surface area contributed by atoms with E-state index >= 15 is 0 Å². The molecule has 0 saturated carbocycles. The molecule has 1 heterocycles. The van der Waals surface area contributed by atoms with Gasteiger partial charge in [0.25, 0.3) is 0 Å². The molecule has 0 spiro atoms. The molecule has 1 atom stereocenters. The highest BCUT2D eigenvalue weighted by Crippen LogP contribution is 2.38. The molecule has 1 unspecified atom stereocenters. The SMILES string of the molecule is FC(F)(F)C1C=Cc2oc3ccccc3c2C1. The van der Waals surface area contributed by atoms with Crippen LogP contribution in [0.15, 0.2) is 34.8 Å². The highest BCUT2D eigenvalue weighted by molar-refractivity contribution is 5.85. The van der Waals surface area contributed by atoms with Crippen LogP contribution in [0.2, 0.25) is 0 Å². The van der Waals surface area contributed by atoms with Gasteiger partial charge in [0.05, 0.1) is 5.92 Å². The molecule has 0 fully saturated rings. The van der Waals surface area contributed by atoms with Gasteiger partial charge in [-0.15, -0.1) is 0 Å². The first-order valence-electron chi connectivity index (χ1n) is 5.31. The third-order valence-electron chi connectivity index (χ3n) is 3.05. The minimum Gasteiger partial charge on any atom is -0.456 e. The summed E-state index contributed by atoms with van der Waals surface area (Å²) in [5.74, 6) is -0.859. The molecule has 88 valence electrons. The van der Waals surface area contributed by atoms with Crippen molar-refractivity contribution in [3.8, 4) is 0 Å². The van der Waals surface area contributed by atoms with Crippen LogP contribution in [0.1, 0.15) is 11.3 Å². The van der Waals surface area contributed by atoms with E-state index in [0.717, 1.165) is 5.39 Å². The molecule has 4 heteroatoms. The van der Waals surface area contributed by atoms with Crippen molar-refractivity contribution in [2.45, 2.75) is 12.6 Å². The summed E-state index contributed by atoms with van der Waals surface area (Å²) in [6.45, 7) is 0. The van der Waals surface area contributed by atoms with Crippen LogP contribution in [-0.2, 0) is 6.42 Å². The molecule has 1 aliphatic carbocycles. The molecular formula is C13H9F3O. The van der Waals surface area contributed by atoms with E-state index in [0.29, 0.717) is 16.9 Å². The van der Waals surface area contributed by atoms with Crippen LogP contribution in [0, 0.1) is 5.92 Å². The average molecular weight is 238 g/mol. The summed E-state index contributed by atoms with van der Waals surface area (Å²) in [5, 5.41) is 0.779. The largest absolute Gasteiger partial charge is 0.456 e. The van der Waals surface area contributed by atoms with Gasteiger partial charge >= 0.3 is 6.18 Å². The average Bonchev–Trinajstić information content (AvgIpc) is 2.65. The van der Waals surface area contributed by atoms with Crippen LogP contribution < -0.4 is 0 Å². The Bertz CT molecular complexity index is 592. The highest BCUT2D eigenvalue weighted by Gasteiger charge is 2.40. The number of rotatable bonds is 0. The van der Waals surface area contributed by atoms with Crippen molar-refractivity contribution in [1.29, 1.82) is 0 Å². The normalized spacial score (nSPS) is 19.6. The van der Waals surface area contributed by atoms with Gasteiger partial charge in [0.2, 0.25) is 0 Å². The summed E-state index contributed by atoms with van der Waals surface area (Å²) in [6, 6.07) is 7.18. The standard InChI is InChI=1S/C13H9F3O/c14-13(15,16)8-5-6-12-10(7-8)9-3-1-2-4-11(9)17-12/h1-6,8H,7H2. The molecule has 0 amide bonds. The van der Waals surface area contributed by atoms with Crippen molar-refractivity contribution < 1.29 is 17.6 Å². The molecule has 1 aromatic heterocycles. The van der Waals surface area contributed by atoms with Gasteiger partial charge in [0.1, 0.15) is 11.3 Å². The van der Waals surface area contributed by atoms with Crippen LogP contribution >= 0.6 is 0 Å². The number of hydrogen-bond acceptors (Lipinski definition) is 1. The molecule has 0 aliphatic heterocycles. The zero-order chi connectivity index (χ0) is 12.0.